The van der Waals surface area contributed by atoms with Crippen LogP contribution in [0.1, 0.15) is 54.9 Å². The summed E-state index contributed by atoms with van der Waals surface area (Å²) in [6.45, 7) is 1.85. The molecule has 0 aromatic carbocycles. The number of hydrogen-bond donors (Lipinski definition) is 1. The van der Waals surface area contributed by atoms with Gasteiger partial charge in [0.15, 0.2) is 0 Å². The third-order valence-corrected chi connectivity index (χ3v) is 5.02. The third kappa shape index (κ3) is 3.29. The zero-order valence-corrected chi connectivity index (χ0v) is 13.1. The Morgan fingerprint density at radius 2 is 2.00 bits per heavy atom. The zero-order chi connectivity index (χ0) is 14.7. The van der Waals surface area contributed by atoms with Gasteiger partial charge in [0.25, 0.3) is 0 Å². The summed E-state index contributed by atoms with van der Waals surface area (Å²) in [5.41, 5.74) is 1.65. The molecule has 2 heterocycles. The van der Waals surface area contributed by atoms with E-state index >= 15 is 0 Å². The summed E-state index contributed by atoms with van der Waals surface area (Å²) < 4.78 is 1.75. The summed E-state index contributed by atoms with van der Waals surface area (Å²) in [5, 5.41) is 27.5. The van der Waals surface area contributed by atoms with Gasteiger partial charge in [-0.15, -0.1) is 15.3 Å². The maximum Gasteiger partial charge on any atom is 0.234 e. The SMILES string of the molecule is Cc1nnc(-n2nnc(CO)c2CCC2CCCCC2)s1. The fourth-order valence-electron chi connectivity index (χ4n) is 3.05. The number of nitrogens with zero attached hydrogens (tertiary/aromatic N) is 5. The first-order valence-electron chi connectivity index (χ1n) is 7.62. The van der Waals surface area contributed by atoms with Gasteiger partial charge in [-0.2, -0.15) is 4.68 Å². The van der Waals surface area contributed by atoms with E-state index in [4.69, 9.17) is 0 Å². The summed E-state index contributed by atoms with van der Waals surface area (Å²) in [6, 6.07) is 0. The van der Waals surface area contributed by atoms with Crippen molar-refractivity contribution in [3.05, 3.63) is 16.4 Å². The molecule has 6 nitrogen and oxygen atoms in total. The fourth-order valence-corrected chi connectivity index (χ4v) is 3.71. The lowest BCUT2D eigenvalue weighted by atomic mass is 9.85. The molecule has 1 fully saturated rings. The van der Waals surface area contributed by atoms with Gasteiger partial charge in [-0.1, -0.05) is 48.7 Å². The van der Waals surface area contributed by atoms with Crippen molar-refractivity contribution in [2.24, 2.45) is 5.92 Å². The van der Waals surface area contributed by atoms with Crippen molar-refractivity contribution in [3.8, 4) is 5.13 Å². The average Bonchev–Trinajstić information content (AvgIpc) is 3.11. The predicted octanol–water partition coefficient (Wildman–Crippen LogP) is 2.43. The van der Waals surface area contributed by atoms with E-state index in [0.29, 0.717) is 5.69 Å². The molecule has 1 aliphatic carbocycles. The maximum atomic E-state index is 9.47. The minimum atomic E-state index is -0.0716. The highest BCUT2D eigenvalue weighted by molar-refractivity contribution is 7.13. The fraction of sp³-hybridized carbons (Fsp3) is 0.714. The lowest BCUT2D eigenvalue weighted by Gasteiger charge is -2.21. The molecule has 7 heteroatoms. The van der Waals surface area contributed by atoms with Crippen LogP contribution in [0.2, 0.25) is 0 Å². The van der Waals surface area contributed by atoms with E-state index < -0.39 is 0 Å². The van der Waals surface area contributed by atoms with Crippen molar-refractivity contribution >= 4 is 11.3 Å². The second-order valence-electron chi connectivity index (χ2n) is 5.70. The van der Waals surface area contributed by atoms with E-state index in [2.05, 4.69) is 20.5 Å². The van der Waals surface area contributed by atoms with Gasteiger partial charge in [0.2, 0.25) is 5.13 Å². The largest absolute Gasteiger partial charge is 0.390 e. The highest BCUT2D eigenvalue weighted by Crippen LogP contribution is 2.28. The molecule has 0 aliphatic heterocycles. The molecule has 0 radical (unpaired) electrons. The van der Waals surface area contributed by atoms with Crippen LogP contribution in [0.3, 0.4) is 0 Å². The number of rotatable bonds is 5. The minimum absolute atomic E-state index is 0.0716. The van der Waals surface area contributed by atoms with Crippen molar-refractivity contribution in [2.75, 3.05) is 0 Å². The normalized spacial score (nSPS) is 16.5. The monoisotopic (exact) mass is 307 g/mol. The summed E-state index contributed by atoms with van der Waals surface area (Å²) in [5.74, 6) is 0.796. The lowest BCUT2D eigenvalue weighted by Crippen LogP contribution is -2.10. The quantitative estimate of drug-likeness (QED) is 0.918. The molecular weight excluding hydrogens is 286 g/mol. The van der Waals surface area contributed by atoms with Crippen molar-refractivity contribution < 1.29 is 5.11 Å². The number of aliphatic hydroxyl groups excluding tert-OH is 1. The van der Waals surface area contributed by atoms with E-state index in [1.165, 1.54) is 43.4 Å². The van der Waals surface area contributed by atoms with Gasteiger partial charge in [0.05, 0.1) is 12.3 Å². The van der Waals surface area contributed by atoms with Crippen LogP contribution in [0, 0.1) is 12.8 Å². The second-order valence-corrected chi connectivity index (χ2v) is 6.86. The average molecular weight is 307 g/mol. The molecule has 0 atom stereocenters. The molecule has 2 aromatic rings. The van der Waals surface area contributed by atoms with Gasteiger partial charge in [-0.25, -0.2) is 0 Å². The number of aromatic nitrogens is 5. The van der Waals surface area contributed by atoms with Crippen molar-refractivity contribution in [2.45, 2.75) is 58.5 Å². The minimum Gasteiger partial charge on any atom is -0.390 e. The molecule has 21 heavy (non-hydrogen) atoms. The molecule has 1 aliphatic rings. The first-order valence-corrected chi connectivity index (χ1v) is 8.44. The first kappa shape index (κ1) is 14.6. The van der Waals surface area contributed by atoms with Gasteiger partial charge in [-0.3, -0.25) is 0 Å². The number of aliphatic hydroxyl groups is 1. The van der Waals surface area contributed by atoms with Gasteiger partial charge < -0.3 is 5.11 Å². The highest BCUT2D eigenvalue weighted by atomic mass is 32.1. The Kier molecular flexibility index (Phi) is 4.60. The van der Waals surface area contributed by atoms with Crippen LogP contribution in [-0.4, -0.2) is 30.3 Å². The highest BCUT2D eigenvalue weighted by Gasteiger charge is 2.19. The van der Waals surface area contributed by atoms with Crippen LogP contribution < -0.4 is 0 Å². The van der Waals surface area contributed by atoms with Gasteiger partial charge >= 0.3 is 0 Å². The van der Waals surface area contributed by atoms with E-state index in [1.807, 2.05) is 6.92 Å². The van der Waals surface area contributed by atoms with Crippen LogP contribution in [-0.2, 0) is 13.0 Å². The van der Waals surface area contributed by atoms with Crippen LogP contribution in [0.5, 0.6) is 0 Å². The van der Waals surface area contributed by atoms with Crippen LogP contribution in [0.25, 0.3) is 5.13 Å². The Bertz CT molecular complexity index is 588. The Morgan fingerprint density at radius 3 is 2.67 bits per heavy atom. The molecule has 0 spiro atoms. The Morgan fingerprint density at radius 1 is 1.19 bits per heavy atom. The van der Waals surface area contributed by atoms with Crippen molar-refractivity contribution in [1.29, 1.82) is 0 Å². The summed E-state index contributed by atoms with van der Waals surface area (Å²) in [4.78, 5) is 0. The molecule has 1 saturated carbocycles. The smallest absolute Gasteiger partial charge is 0.234 e. The Balaban J connectivity index is 1.77. The number of hydrogen-bond acceptors (Lipinski definition) is 6. The molecule has 0 bridgehead atoms. The first-order chi connectivity index (χ1) is 10.3. The van der Waals surface area contributed by atoms with Crippen molar-refractivity contribution in [1.82, 2.24) is 25.2 Å². The predicted molar refractivity (Wildman–Crippen MR) is 80.4 cm³/mol. The molecule has 0 unspecified atom stereocenters. The number of aryl methyl sites for hydroxylation is 1. The van der Waals surface area contributed by atoms with Gasteiger partial charge in [-0.05, 0) is 25.7 Å². The van der Waals surface area contributed by atoms with Crippen LogP contribution in [0.15, 0.2) is 0 Å². The molecule has 3 rings (SSSR count). The topological polar surface area (TPSA) is 76.7 Å². The standard InChI is InChI=1S/C14H21N5OS/c1-10-15-17-14(21-10)19-13(12(9-20)16-18-19)8-7-11-5-3-2-4-6-11/h11,20H,2-9H2,1H3. The molecule has 1 N–H and O–H groups in total. The van der Waals surface area contributed by atoms with Gasteiger partial charge in [0, 0.05) is 0 Å². The van der Waals surface area contributed by atoms with Gasteiger partial charge in [0.1, 0.15) is 10.7 Å². The van der Waals surface area contributed by atoms with E-state index in [1.54, 1.807) is 4.68 Å². The summed E-state index contributed by atoms with van der Waals surface area (Å²) in [7, 11) is 0. The second kappa shape index (κ2) is 6.62. The summed E-state index contributed by atoms with van der Waals surface area (Å²) in [6.07, 6.45) is 8.77. The zero-order valence-electron chi connectivity index (χ0n) is 12.3. The van der Waals surface area contributed by atoms with E-state index in [0.717, 1.165) is 34.6 Å². The van der Waals surface area contributed by atoms with Crippen molar-refractivity contribution in [3.63, 3.8) is 0 Å². The lowest BCUT2D eigenvalue weighted by molar-refractivity contribution is 0.274. The third-order valence-electron chi connectivity index (χ3n) is 4.20. The van der Waals surface area contributed by atoms with E-state index in [-0.39, 0.29) is 6.61 Å². The Hall–Kier alpha value is -1.34. The van der Waals surface area contributed by atoms with E-state index in [9.17, 15) is 5.11 Å². The van der Waals surface area contributed by atoms with Crippen LogP contribution >= 0.6 is 11.3 Å². The summed E-state index contributed by atoms with van der Waals surface area (Å²) >= 11 is 1.50. The molecule has 0 amide bonds. The van der Waals surface area contributed by atoms with Crippen LogP contribution in [0.4, 0.5) is 0 Å². The molecule has 2 aromatic heterocycles. The molecule has 0 saturated heterocycles. The Labute approximate surface area is 128 Å². The maximum absolute atomic E-state index is 9.47. The molecule has 114 valence electrons. The molecular formula is C14H21N5OS.